The van der Waals surface area contributed by atoms with Crippen molar-refractivity contribution >= 4 is 0 Å². The minimum absolute atomic E-state index is 0.00906. The molecule has 2 atom stereocenters. The van der Waals surface area contributed by atoms with Gasteiger partial charge in [0.2, 0.25) is 0 Å². The standard InChI is InChI=1S/C17H18O6/c1-22-16-5-9-4-13(20)17(8-18)23-15-6-10(19)2-3-11(15)12(9)7-14(16)21/h2-3,5-7,13,17-21H,4,8H2,1H3. The van der Waals surface area contributed by atoms with Crippen LogP contribution in [-0.4, -0.2) is 46.4 Å². The summed E-state index contributed by atoms with van der Waals surface area (Å²) < 4.78 is 10.8. The summed E-state index contributed by atoms with van der Waals surface area (Å²) in [5.41, 5.74) is 2.08. The normalized spacial score (nSPS) is 19.8. The summed E-state index contributed by atoms with van der Waals surface area (Å²) in [7, 11) is 1.45. The van der Waals surface area contributed by atoms with Crippen LogP contribution in [-0.2, 0) is 6.42 Å². The molecule has 0 amide bonds. The van der Waals surface area contributed by atoms with Crippen molar-refractivity contribution in [2.75, 3.05) is 13.7 Å². The summed E-state index contributed by atoms with van der Waals surface area (Å²) in [5.74, 6) is 0.612. The second kappa shape index (κ2) is 5.98. The Hall–Kier alpha value is -2.44. The molecule has 0 bridgehead atoms. The quantitative estimate of drug-likeness (QED) is 0.668. The SMILES string of the molecule is COc1cc2c(cc1O)-c1ccc(O)cc1OC(CO)C(O)C2. The van der Waals surface area contributed by atoms with Crippen LogP contribution in [0.5, 0.6) is 23.0 Å². The van der Waals surface area contributed by atoms with Crippen molar-refractivity contribution in [3.8, 4) is 34.1 Å². The average molecular weight is 318 g/mol. The van der Waals surface area contributed by atoms with Gasteiger partial charge in [-0.3, -0.25) is 0 Å². The molecule has 4 N–H and O–H groups in total. The number of fused-ring (bicyclic) bond motifs is 3. The fraction of sp³-hybridized carbons (Fsp3) is 0.294. The van der Waals surface area contributed by atoms with E-state index < -0.39 is 12.2 Å². The van der Waals surface area contributed by atoms with Gasteiger partial charge in [-0.2, -0.15) is 0 Å². The van der Waals surface area contributed by atoms with E-state index in [9.17, 15) is 20.4 Å². The molecule has 122 valence electrons. The van der Waals surface area contributed by atoms with Crippen LogP contribution in [0.25, 0.3) is 11.1 Å². The van der Waals surface area contributed by atoms with Crippen LogP contribution in [0.15, 0.2) is 30.3 Å². The number of hydrogen-bond acceptors (Lipinski definition) is 6. The Balaban J connectivity index is 2.23. The molecule has 0 aliphatic carbocycles. The number of aliphatic hydroxyl groups is 2. The van der Waals surface area contributed by atoms with Crippen LogP contribution in [0, 0.1) is 0 Å². The average Bonchev–Trinajstić information content (AvgIpc) is 2.53. The molecule has 1 aliphatic rings. The summed E-state index contributed by atoms with van der Waals surface area (Å²) in [6.45, 7) is -0.360. The monoisotopic (exact) mass is 318 g/mol. The molecule has 2 aromatic rings. The van der Waals surface area contributed by atoms with E-state index in [0.29, 0.717) is 22.6 Å². The summed E-state index contributed by atoms with van der Waals surface area (Å²) in [6.07, 6.45) is -1.52. The van der Waals surface area contributed by atoms with Crippen LogP contribution in [0.3, 0.4) is 0 Å². The Bertz CT molecular complexity index is 727. The smallest absolute Gasteiger partial charge is 0.160 e. The molecule has 3 rings (SSSR count). The van der Waals surface area contributed by atoms with E-state index in [0.717, 1.165) is 5.56 Å². The van der Waals surface area contributed by atoms with Crippen LogP contribution < -0.4 is 9.47 Å². The zero-order chi connectivity index (χ0) is 16.6. The third-order valence-corrected chi connectivity index (χ3v) is 3.98. The molecule has 0 radical (unpaired) electrons. The van der Waals surface area contributed by atoms with E-state index in [2.05, 4.69) is 0 Å². The molecule has 0 saturated carbocycles. The van der Waals surface area contributed by atoms with Crippen LogP contribution in [0.2, 0.25) is 0 Å². The lowest BCUT2D eigenvalue weighted by Gasteiger charge is -2.28. The second-order valence-electron chi connectivity index (χ2n) is 5.47. The van der Waals surface area contributed by atoms with E-state index in [1.165, 1.54) is 19.2 Å². The first-order valence-corrected chi connectivity index (χ1v) is 7.22. The number of aliphatic hydroxyl groups excluding tert-OH is 2. The highest BCUT2D eigenvalue weighted by Gasteiger charge is 2.28. The zero-order valence-electron chi connectivity index (χ0n) is 12.6. The van der Waals surface area contributed by atoms with Gasteiger partial charge in [0, 0.05) is 18.1 Å². The minimum Gasteiger partial charge on any atom is -0.508 e. The lowest BCUT2D eigenvalue weighted by molar-refractivity contribution is 0.00197. The number of phenolic OH excluding ortho intramolecular Hbond substituents is 2. The number of benzene rings is 2. The molecule has 0 saturated heterocycles. The Labute approximate surface area is 133 Å². The summed E-state index contributed by atoms with van der Waals surface area (Å²) in [4.78, 5) is 0. The van der Waals surface area contributed by atoms with E-state index in [4.69, 9.17) is 9.47 Å². The van der Waals surface area contributed by atoms with Crippen LogP contribution >= 0.6 is 0 Å². The summed E-state index contributed by atoms with van der Waals surface area (Å²) in [6, 6.07) is 7.80. The van der Waals surface area contributed by atoms with Crippen molar-refractivity contribution in [2.45, 2.75) is 18.6 Å². The first kappa shape index (κ1) is 15.5. The zero-order valence-corrected chi connectivity index (χ0v) is 12.6. The fourth-order valence-corrected chi connectivity index (χ4v) is 2.78. The van der Waals surface area contributed by atoms with E-state index in [1.54, 1.807) is 18.2 Å². The van der Waals surface area contributed by atoms with Crippen molar-refractivity contribution in [1.29, 1.82) is 0 Å². The lowest BCUT2D eigenvalue weighted by Crippen LogP contribution is -2.37. The number of methoxy groups -OCH3 is 1. The van der Waals surface area contributed by atoms with Gasteiger partial charge >= 0.3 is 0 Å². The Kier molecular flexibility index (Phi) is 4.02. The molecule has 0 aromatic heterocycles. The molecule has 6 nitrogen and oxygen atoms in total. The van der Waals surface area contributed by atoms with Gasteiger partial charge < -0.3 is 29.9 Å². The molecule has 0 fully saturated rings. The number of aromatic hydroxyl groups is 2. The van der Waals surface area contributed by atoms with Gasteiger partial charge in [-0.1, -0.05) is 0 Å². The van der Waals surface area contributed by atoms with E-state index in [-0.39, 0.29) is 24.5 Å². The first-order valence-electron chi connectivity index (χ1n) is 7.22. The number of phenols is 2. The van der Waals surface area contributed by atoms with Crippen molar-refractivity contribution < 1.29 is 29.9 Å². The third kappa shape index (κ3) is 2.78. The van der Waals surface area contributed by atoms with Crippen molar-refractivity contribution in [3.05, 3.63) is 35.9 Å². The maximum Gasteiger partial charge on any atom is 0.160 e. The van der Waals surface area contributed by atoms with Gasteiger partial charge in [0.25, 0.3) is 0 Å². The number of rotatable bonds is 2. The maximum atomic E-state index is 10.3. The van der Waals surface area contributed by atoms with Crippen LogP contribution in [0.1, 0.15) is 5.56 Å². The highest BCUT2D eigenvalue weighted by Crippen LogP contribution is 2.42. The predicted molar refractivity (Wildman–Crippen MR) is 83.0 cm³/mol. The molecule has 2 aromatic carbocycles. The minimum atomic E-state index is -0.941. The summed E-state index contributed by atoms with van der Waals surface area (Å²) >= 11 is 0. The highest BCUT2D eigenvalue weighted by molar-refractivity contribution is 5.77. The van der Waals surface area contributed by atoms with E-state index in [1.807, 2.05) is 0 Å². The Morgan fingerprint density at radius 2 is 1.96 bits per heavy atom. The number of ether oxygens (including phenoxy) is 2. The maximum absolute atomic E-state index is 10.3. The largest absolute Gasteiger partial charge is 0.508 e. The Morgan fingerprint density at radius 3 is 2.65 bits per heavy atom. The Morgan fingerprint density at radius 1 is 1.17 bits per heavy atom. The molecule has 0 spiro atoms. The molecular formula is C17H18O6. The van der Waals surface area contributed by atoms with Crippen LogP contribution in [0.4, 0.5) is 0 Å². The first-order chi connectivity index (χ1) is 11.0. The second-order valence-corrected chi connectivity index (χ2v) is 5.47. The number of hydrogen-bond donors (Lipinski definition) is 4. The molecule has 1 heterocycles. The van der Waals surface area contributed by atoms with Gasteiger partial charge in [0.15, 0.2) is 11.5 Å². The fourth-order valence-electron chi connectivity index (χ4n) is 2.78. The lowest BCUT2D eigenvalue weighted by atomic mass is 9.91. The molecule has 6 heteroatoms. The van der Waals surface area contributed by atoms with Gasteiger partial charge in [-0.05, 0) is 35.4 Å². The van der Waals surface area contributed by atoms with Gasteiger partial charge in [-0.15, -0.1) is 0 Å². The van der Waals surface area contributed by atoms with Crippen molar-refractivity contribution in [2.24, 2.45) is 0 Å². The molecular weight excluding hydrogens is 300 g/mol. The molecule has 1 aliphatic heterocycles. The van der Waals surface area contributed by atoms with Gasteiger partial charge in [0.1, 0.15) is 17.6 Å². The third-order valence-electron chi connectivity index (χ3n) is 3.98. The van der Waals surface area contributed by atoms with Gasteiger partial charge in [-0.25, -0.2) is 0 Å². The molecule has 23 heavy (non-hydrogen) atoms. The van der Waals surface area contributed by atoms with E-state index >= 15 is 0 Å². The summed E-state index contributed by atoms with van der Waals surface area (Å²) in [5, 5.41) is 39.5. The topological polar surface area (TPSA) is 99.4 Å². The highest BCUT2D eigenvalue weighted by atomic mass is 16.5. The van der Waals surface area contributed by atoms with Crippen molar-refractivity contribution in [3.63, 3.8) is 0 Å². The van der Waals surface area contributed by atoms with Gasteiger partial charge in [0.05, 0.1) is 19.8 Å². The predicted octanol–water partition coefficient (Wildman–Crippen LogP) is 1.43. The van der Waals surface area contributed by atoms with Crippen molar-refractivity contribution in [1.82, 2.24) is 0 Å². The molecule has 2 unspecified atom stereocenters.